The van der Waals surface area contributed by atoms with Crippen molar-refractivity contribution in [3.63, 3.8) is 0 Å². The lowest BCUT2D eigenvalue weighted by Crippen LogP contribution is -2.51. The zero-order valence-corrected chi connectivity index (χ0v) is 23.1. The quantitative estimate of drug-likeness (QED) is 0.390. The summed E-state index contributed by atoms with van der Waals surface area (Å²) in [5.41, 5.74) is 6.05. The summed E-state index contributed by atoms with van der Waals surface area (Å²) in [5, 5.41) is 15.1. The van der Waals surface area contributed by atoms with Crippen LogP contribution in [0.1, 0.15) is 57.5 Å². The van der Waals surface area contributed by atoms with Crippen LogP contribution in [0.4, 0.5) is 18.0 Å². The first-order chi connectivity index (χ1) is 19.0. The van der Waals surface area contributed by atoms with Crippen molar-refractivity contribution in [3.8, 4) is 11.4 Å². The summed E-state index contributed by atoms with van der Waals surface area (Å²) in [6.45, 7) is 5.76. The molecule has 8 nitrogen and oxygen atoms in total. The van der Waals surface area contributed by atoms with E-state index in [-0.39, 0.29) is 30.9 Å². The number of halogens is 3. The Morgan fingerprint density at radius 1 is 1.20 bits per heavy atom. The minimum atomic E-state index is -0.940. The fraction of sp³-hybridized carbons (Fsp3) is 0.483. The van der Waals surface area contributed by atoms with Gasteiger partial charge in [0.05, 0.1) is 18.2 Å². The number of hydrogen-bond acceptors (Lipinski definition) is 5. The Balaban J connectivity index is 1.87. The Labute approximate surface area is 232 Å². The van der Waals surface area contributed by atoms with Gasteiger partial charge in [0.1, 0.15) is 24.5 Å². The van der Waals surface area contributed by atoms with Gasteiger partial charge in [-0.1, -0.05) is 51.1 Å². The minimum Gasteiger partial charge on any atom is -0.373 e. The van der Waals surface area contributed by atoms with Gasteiger partial charge in [-0.25, -0.2) is 27.6 Å². The Morgan fingerprint density at radius 3 is 2.55 bits per heavy atom. The first kappa shape index (κ1) is 29.5. The van der Waals surface area contributed by atoms with Gasteiger partial charge in [0.15, 0.2) is 11.6 Å². The second-order valence-corrected chi connectivity index (χ2v) is 11.3. The summed E-state index contributed by atoms with van der Waals surface area (Å²) in [7, 11) is 0. The van der Waals surface area contributed by atoms with E-state index in [4.69, 9.17) is 10.7 Å². The van der Waals surface area contributed by atoms with Crippen LogP contribution in [0.25, 0.3) is 11.4 Å². The highest BCUT2D eigenvalue weighted by Gasteiger charge is 2.42. The van der Waals surface area contributed by atoms with E-state index >= 15 is 0 Å². The zero-order valence-electron chi connectivity index (χ0n) is 23.1. The van der Waals surface area contributed by atoms with Crippen molar-refractivity contribution in [3.05, 3.63) is 71.6 Å². The summed E-state index contributed by atoms with van der Waals surface area (Å²) >= 11 is 0. The van der Waals surface area contributed by atoms with E-state index in [1.54, 1.807) is 9.58 Å². The number of carbonyl (C=O) groups excluding carboxylic acids is 1. The lowest BCUT2D eigenvalue weighted by molar-refractivity contribution is 0.0253. The maximum atomic E-state index is 14.8. The number of benzene rings is 2. The molecule has 0 aliphatic carbocycles. The van der Waals surface area contributed by atoms with E-state index in [1.807, 2.05) is 51.1 Å². The molecule has 4 rings (SSSR count). The average Bonchev–Trinajstić information content (AvgIpc) is 3.53. The maximum absolute atomic E-state index is 14.8. The second-order valence-electron chi connectivity index (χ2n) is 11.3. The van der Waals surface area contributed by atoms with Crippen LogP contribution in [0.15, 0.2) is 48.5 Å². The van der Waals surface area contributed by atoms with Crippen molar-refractivity contribution in [2.75, 3.05) is 19.8 Å². The van der Waals surface area contributed by atoms with Gasteiger partial charge < -0.3 is 15.7 Å². The smallest absolute Gasteiger partial charge is 0.322 e. The predicted octanol–water partition coefficient (Wildman–Crippen LogP) is 4.88. The first-order valence-electron chi connectivity index (χ1n) is 13.5. The van der Waals surface area contributed by atoms with Crippen molar-refractivity contribution in [1.82, 2.24) is 24.6 Å². The predicted molar refractivity (Wildman–Crippen MR) is 146 cm³/mol. The van der Waals surface area contributed by atoms with Crippen LogP contribution >= 0.6 is 0 Å². The molecular formula is C29H37F3N6O2. The van der Waals surface area contributed by atoms with E-state index in [0.29, 0.717) is 25.2 Å². The van der Waals surface area contributed by atoms with Crippen molar-refractivity contribution in [2.24, 2.45) is 11.1 Å². The fourth-order valence-electron chi connectivity index (χ4n) is 5.06. The summed E-state index contributed by atoms with van der Waals surface area (Å²) in [4.78, 5) is 21.6. The van der Waals surface area contributed by atoms with Gasteiger partial charge >= 0.3 is 6.03 Å². The number of aromatic nitrogens is 3. The summed E-state index contributed by atoms with van der Waals surface area (Å²) in [5.74, 6) is -0.985. The number of aliphatic hydroxyl groups is 1. The molecule has 2 heterocycles. The fourth-order valence-corrected chi connectivity index (χ4v) is 5.06. The molecule has 1 aliphatic rings. The van der Waals surface area contributed by atoms with Crippen molar-refractivity contribution in [2.45, 2.75) is 64.9 Å². The number of rotatable bonds is 9. The van der Waals surface area contributed by atoms with E-state index in [1.165, 1.54) is 4.90 Å². The molecule has 3 aromatic rings. The summed E-state index contributed by atoms with van der Waals surface area (Å²) < 4.78 is 43.9. The molecule has 11 heteroatoms. The van der Waals surface area contributed by atoms with E-state index in [2.05, 4.69) is 5.10 Å². The Bertz CT molecular complexity index is 1300. The van der Waals surface area contributed by atoms with Gasteiger partial charge in [0, 0.05) is 19.1 Å². The molecule has 216 valence electrons. The lowest BCUT2D eigenvalue weighted by atomic mass is 9.84. The van der Waals surface area contributed by atoms with E-state index < -0.39 is 48.1 Å². The number of amides is 2. The molecule has 3 atom stereocenters. The summed E-state index contributed by atoms with van der Waals surface area (Å²) in [6, 6.07) is 10.6. The van der Waals surface area contributed by atoms with Crippen LogP contribution < -0.4 is 5.73 Å². The molecule has 0 spiro atoms. The van der Waals surface area contributed by atoms with Gasteiger partial charge in [-0.2, -0.15) is 5.10 Å². The Kier molecular flexibility index (Phi) is 9.15. The number of nitrogens with zero attached hydrogens (tertiary/aromatic N) is 5. The molecule has 0 unspecified atom stereocenters. The molecule has 40 heavy (non-hydrogen) atoms. The number of alkyl halides is 1. The lowest BCUT2D eigenvalue weighted by Gasteiger charge is -2.42. The van der Waals surface area contributed by atoms with Crippen LogP contribution in [-0.2, 0) is 6.54 Å². The SMILES string of the molecule is CC(C)(C)[C@H](c1nc(-c2cc(F)ccc2F)nn1Cc1ccccc1)N(CC[C@H](N)CF)C(=O)N1CCC[C@H]1O. The minimum absolute atomic E-state index is 0.0220. The van der Waals surface area contributed by atoms with Gasteiger partial charge in [0.2, 0.25) is 0 Å². The average molecular weight is 559 g/mol. The number of nitrogens with two attached hydrogens (primary N) is 1. The Hall–Kier alpha value is -3.44. The number of hydrogen-bond donors (Lipinski definition) is 2. The highest BCUT2D eigenvalue weighted by atomic mass is 19.1. The normalized spacial score (nSPS) is 17.2. The first-order valence-corrected chi connectivity index (χ1v) is 13.5. The monoisotopic (exact) mass is 558 g/mol. The molecule has 3 N–H and O–H groups in total. The van der Waals surface area contributed by atoms with Crippen LogP contribution in [0.5, 0.6) is 0 Å². The standard InChI is InChI=1S/C29H37F3N6O2/c1-29(2,3)25(37(15-13-21(33)17-30)28(40)36-14-7-10-24(36)39)27-34-26(22-16-20(31)11-12-23(22)32)35-38(27)18-19-8-5-4-6-9-19/h4-6,8-9,11-12,16,21,24-25,39H,7,10,13-15,17-18,33H2,1-3H3/t21-,24+,25-/m0/s1. The number of carbonyl (C=O) groups is 1. The molecular weight excluding hydrogens is 521 g/mol. The van der Waals surface area contributed by atoms with Crippen LogP contribution in [0, 0.1) is 17.0 Å². The van der Waals surface area contributed by atoms with Crippen molar-refractivity contribution < 1.29 is 23.1 Å². The molecule has 2 aromatic carbocycles. The highest BCUT2D eigenvalue weighted by Crippen LogP contribution is 2.40. The molecule has 2 amide bonds. The van der Waals surface area contributed by atoms with Gasteiger partial charge in [-0.3, -0.25) is 4.90 Å². The van der Waals surface area contributed by atoms with Crippen LogP contribution in [-0.4, -0.2) is 67.7 Å². The van der Waals surface area contributed by atoms with Gasteiger partial charge in [0.25, 0.3) is 0 Å². The maximum Gasteiger partial charge on any atom is 0.322 e. The third kappa shape index (κ3) is 6.64. The van der Waals surface area contributed by atoms with Crippen LogP contribution in [0.2, 0.25) is 0 Å². The molecule has 1 aliphatic heterocycles. The van der Waals surface area contributed by atoms with E-state index in [9.17, 15) is 23.1 Å². The highest BCUT2D eigenvalue weighted by molar-refractivity contribution is 5.75. The molecule has 1 fully saturated rings. The second kappa shape index (κ2) is 12.4. The number of aliphatic hydroxyl groups excluding tert-OH is 1. The van der Waals surface area contributed by atoms with Crippen molar-refractivity contribution >= 4 is 6.03 Å². The van der Waals surface area contributed by atoms with E-state index in [0.717, 1.165) is 23.8 Å². The third-order valence-corrected chi connectivity index (χ3v) is 7.07. The topological polar surface area (TPSA) is 101 Å². The summed E-state index contributed by atoms with van der Waals surface area (Å²) in [6.07, 6.45) is 0.344. The number of urea groups is 1. The van der Waals surface area contributed by atoms with Gasteiger partial charge in [-0.15, -0.1) is 0 Å². The molecule has 0 saturated carbocycles. The molecule has 0 bridgehead atoms. The molecule has 1 saturated heterocycles. The largest absolute Gasteiger partial charge is 0.373 e. The number of likely N-dealkylation sites (tertiary alicyclic amines) is 1. The third-order valence-electron chi connectivity index (χ3n) is 7.07. The zero-order chi connectivity index (χ0) is 29.0. The Morgan fingerprint density at radius 2 is 1.93 bits per heavy atom. The van der Waals surface area contributed by atoms with Crippen molar-refractivity contribution in [1.29, 1.82) is 0 Å². The molecule has 0 radical (unpaired) electrons. The van der Waals surface area contributed by atoms with Crippen LogP contribution in [0.3, 0.4) is 0 Å². The molecule has 1 aromatic heterocycles. The van der Waals surface area contributed by atoms with Gasteiger partial charge in [-0.05, 0) is 48.4 Å².